The van der Waals surface area contributed by atoms with E-state index >= 15 is 0 Å². The minimum Gasteiger partial charge on any atom is -0.376 e. The Morgan fingerprint density at radius 3 is 3.16 bits per heavy atom. The molecular formula is C13H12BrClN2O2. The molecular weight excluding hydrogens is 332 g/mol. The number of nitrogens with zero attached hydrogens (tertiary/aromatic N) is 2. The van der Waals surface area contributed by atoms with Gasteiger partial charge in [-0.25, -0.2) is 0 Å². The van der Waals surface area contributed by atoms with Crippen LogP contribution in [-0.4, -0.2) is 36.6 Å². The Morgan fingerprint density at radius 1 is 1.63 bits per heavy atom. The molecule has 1 fully saturated rings. The highest BCUT2D eigenvalue weighted by molar-refractivity contribution is 9.10. The molecule has 6 heteroatoms. The van der Waals surface area contributed by atoms with Gasteiger partial charge in [0.15, 0.2) is 0 Å². The van der Waals surface area contributed by atoms with E-state index in [1.807, 2.05) is 6.07 Å². The summed E-state index contributed by atoms with van der Waals surface area (Å²) in [5.41, 5.74) is 0.820. The molecule has 0 aromatic heterocycles. The standard InChI is InChI=1S/C13H12BrClN2O2/c14-12-2-1-10(15)5-9(12)6-13(18)17-3-4-19-8-11(17)7-16/h1-2,5,11H,3-4,6,8H2/t11-/m1/s1. The highest BCUT2D eigenvalue weighted by Crippen LogP contribution is 2.22. The van der Waals surface area contributed by atoms with Crippen molar-refractivity contribution in [2.75, 3.05) is 19.8 Å². The van der Waals surface area contributed by atoms with E-state index in [2.05, 4.69) is 22.0 Å². The molecule has 1 aliphatic rings. The number of rotatable bonds is 2. The van der Waals surface area contributed by atoms with Crippen molar-refractivity contribution in [2.24, 2.45) is 0 Å². The van der Waals surface area contributed by atoms with Crippen molar-refractivity contribution in [3.05, 3.63) is 33.3 Å². The van der Waals surface area contributed by atoms with E-state index in [9.17, 15) is 4.79 Å². The molecule has 100 valence electrons. The van der Waals surface area contributed by atoms with Gasteiger partial charge in [0, 0.05) is 16.0 Å². The predicted octanol–water partition coefficient (Wildman–Crippen LogP) is 2.40. The molecule has 2 rings (SSSR count). The Morgan fingerprint density at radius 2 is 2.42 bits per heavy atom. The van der Waals surface area contributed by atoms with Gasteiger partial charge in [-0.3, -0.25) is 4.79 Å². The first-order valence-corrected chi connectivity index (χ1v) is 6.99. The third-order valence-corrected chi connectivity index (χ3v) is 3.96. The quantitative estimate of drug-likeness (QED) is 0.828. The van der Waals surface area contributed by atoms with Crippen LogP contribution in [0.5, 0.6) is 0 Å². The lowest BCUT2D eigenvalue weighted by Crippen LogP contribution is -2.48. The number of carbonyl (C=O) groups excluding carboxylic acids is 1. The maximum absolute atomic E-state index is 12.3. The van der Waals surface area contributed by atoms with Crippen LogP contribution in [0, 0.1) is 11.3 Å². The van der Waals surface area contributed by atoms with E-state index in [1.165, 1.54) is 0 Å². The lowest BCUT2D eigenvalue weighted by Gasteiger charge is -2.31. The van der Waals surface area contributed by atoms with Gasteiger partial charge in [0.2, 0.25) is 5.91 Å². The van der Waals surface area contributed by atoms with Crippen LogP contribution in [0.4, 0.5) is 0 Å². The second kappa shape index (κ2) is 6.38. The Kier molecular flexibility index (Phi) is 4.81. The van der Waals surface area contributed by atoms with E-state index in [0.29, 0.717) is 18.2 Å². The fourth-order valence-corrected chi connectivity index (χ4v) is 2.53. The molecule has 1 heterocycles. The average molecular weight is 344 g/mol. The first-order valence-electron chi connectivity index (χ1n) is 5.82. The summed E-state index contributed by atoms with van der Waals surface area (Å²) in [6.45, 7) is 1.20. The Balaban J connectivity index is 2.12. The fourth-order valence-electron chi connectivity index (χ4n) is 1.95. The molecule has 1 aromatic carbocycles. The number of halogens is 2. The number of carbonyl (C=O) groups is 1. The van der Waals surface area contributed by atoms with Crippen molar-refractivity contribution in [3.63, 3.8) is 0 Å². The molecule has 4 nitrogen and oxygen atoms in total. The molecule has 0 saturated carbocycles. The monoisotopic (exact) mass is 342 g/mol. The van der Waals surface area contributed by atoms with Crippen molar-refractivity contribution in [2.45, 2.75) is 12.5 Å². The maximum Gasteiger partial charge on any atom is 0.228 e. The minimum atomic E-state index is -0.501. The number of hydrogen-bond donors (Lipinski definition) is 0. The van der Waals surface area contributed by atoms with Crippen molar-refractivity contribution in [1.82, 2.24) is 4.90 Å². The van der Waals surface area contributed by atoms with Gasteiger partial charge >= 0.3 is 0 Å². The summed E-state index contributed by atoms with van der Waals surface area (Å²) in [5.74, 6) is -0.0854. The van der Waals surface area contributed by atoms with Crippen molar-refractivity contribution in [1.29, 1.82) is 5.26 Å². The Bertz CT molecular complexity index is 530. The molecule has 0 N–H and O–H groups in total. The van der Waals surface area contributed by atoms with Crippen LogP contribution in [0.25, 0.3) is 0 Å². The van der Waals surface area contributed by atoms with Crippen molar-refractivity contribution in [3.8, 4) is 6.07 Å². The van der Waals surface area contributed by atoms with E-state index < -0.39 is 6.04 Å². The van der Waals surface area contributed by atoms with E-state index in [1.54, 1.807) is 17.0 Å². The fraction of sp³-hybridized carbons (Fsp3) is 0.385. The first kappa shape index (κ1) is 14.3. The first-order chi connectivity index (χ1) is 9.11. The molecule has 1 amide bonds. The Hall–Kier alpha value is -1.09. The third kappa shape index (κ3) is 3.47. The van der Waals surface area contributed by atoms with Crippen LogP contribution in [0.2, 0.25) is 5.02 Å². The van der Waals surface area contributed by atoms with Gasteiger partial charge in [0.05, 0.1) is 25.7 Å². The van der Waals surface area contributed by atoms with Crippen molar-refractivity contribution >= 4 is 33.4 Å². The van der Waals surface area contributed by atoms with E-state index in [0.717, 1.165) is 10.0 Å². The second-order valence-electron chi connectivity index (χ2n) is 4.22. The number of amides is 1. The summed E-state index contributed by atoms with van der Waals surface area (Å²) < 4.78 is 6.04. The second-order valence-corrected chi connectivity index (χ2v) is 5.51. The molecule has 0 spiro atoms. The molecule has 1 saturated heterocycles. The summed E-state index contributed by atoms with van der Waals surface area (Å²) in [6, 6.07) is 6.91. The van der Waals surface area contributed by atoms with Crippen LogP contribution in [0.3, 0.4) is 0 Å². The van der Waals surface area contributed by atoms with Crippen LogP contribution < -0.4 is 0 Å². The molecule has 0 bridgehead atoms. The predicted molar refractivity (Wildman–Crippen MR) is 74.8 cm³/mol. The van der Waals surface area contributed by atoms with Crippen LogP contribution in [0.1, 0.15) is 5.56 Å². The van der Waals surface area contributed by atoms with Gasteiger partial charge in [-0.1, -0.05) is 27.5 Å². The van der Waals surface area contributed by atoms with Gasteiger partial charge < -0.3 is 9.64 Å². The SMILES string of the molecule is N#C[C@@H]1COCCN1C(=O)Cc1cc(Cl)ccc1Br. The summed E-state index contributed by atoms with van der Waals surface area (Å²) >= 11 is 9.32. The summed E-state index contributed by atoms with van der Waals surface area (Å²) in [6.07, 6.45) is 0.222. The summed E-state index contributed by atoms with van der Waals surface area (Å²) in [5, 5.41) is 9.61. The molecule has 1 aromatic rings. The molecule has 0 radical (unpaired) electrons. The van der Waals surface area contributed by atoms with E-state index in [4.69, 9.17) is 21.6 Å². The topological polar surface area (TPSA) is 53.3 Å². The number of benzene rings is 1. The largest absolute Gasteiger partial charge is 0.376 e. The zero-order valence-corrected chi connectivity index (χ0v) is 12.4. The zero-order valence-electron chi connectivity index (χ0n) is 10.1. The highest BCUT2D eigenvalue weighted by atomic mass is 79.9. The normalized spacial score (nSPS) is 19.0. The summed E-state index contributed by atoms with van der Waals surface area (Å²) in [7, 11) is 0. The number of morpholine rings is 1. The van der Waals surface area contributed by atoms with Gasteiger partial charge in [-0.05, 0) is 23.8 Å². The summed E-state index contributed by atoms with van der Waals surface area (Å²) in [4.78, 5) is 13.8. The number of ether oxygens (including phenoxy) is 1. The molecule has 1 aliphatic heterocycles. The minimum absolute atomic E-state index is 0.0854. The lowest BCUT2D eigenvalue weighted by molar-refractivity contribution is -0.136. The van der Waals surface area contributed by atoms with Gasteiger partial charge in [-0.2, -0.15) is 5.26 Å². The van der Waals surface area contributed by atoms with Crippen molar-refractivity contribution < 1.29 is 9.53 Å². The van der Waals surface area contributed by atoms with Gasteiger partial charge in [-0.15, -0.1) is 0 Å². The highest BCUT2D eigenvalue weighted by Gasteiger charge is 2.27. The maximum atomic E-state index is 12.3. The Labute approximate surface area is 125 Å². The molecule has 19 heavy (non-hydrogen) atoms. The lowest BCUT2D eigenvalue weighted by atomic mass is 10.1. The number of hydrogen-bond acceptors (Lipinski definition) is 3. The smallest absolute Gasteiger partial charge is 0.228 e. The van der Waals surface area contributed by atoms with Crippen LogP contribution >= 0.6 is 27.5 Å². The molecule has 0 unspecified atom stereocenters. The number of nitriles is 1. The molecule has 0 aliphatic carbocycles. The zero-order chi connectivity index (χ0) is 13.8. The van der Waals surface area contributed by atoms with Gasteiger partial charge in [0.1, 0.15) is 6.04 Å². The van der Waals surface area contributed by atoms with Gasteiger partial charge in [0.25, 0.3) is 0 Å². The average Bonchev–Trinajstić information content (AvgIpc) is 2.42. The molecule has 1 atom stereocenters. The van der Waals surface area contributed by atoms with Crippen LogP contribution in [0.15, 0.2) is 22.7 Å². The third-order valence-electron chi connectivity index (χ3n) is 2.95. The van der Waals surface area contributed by atoms with E-state index in [-0.39, 0.29) is 18.9 Å². The van der Waals surface area contributed by atoms with Crippen LogP contribution in [-0.2, 0) is 16.0 Å².